The molecule has 0 N–H and O–H groups in total. The molecule has 0 bridgehead atoms. The summed E-state index contributed by atoms with van der Waals surface area (Å²) < 4.78 is 51.2. The largest absolute Gasteiger partial charge is 0.462 e. The normalized spacial score (nSPS) is 40.1. The smallest absolute Gasteiger partial charge is 0.416 e. The van der Waals surface area contributed by atoms with Gasteiger partial charge in [0.05, 0.1) is 23.7 Å². The van der Waals surface area contributed by atoms with E-state index in [0.29, 0.717) is 31.2 Å². The molecular weight excluding hydrogens is 445 g/mol. The number of hydrogen-bond donors (Lipinski definition) is 0. The maximum Gasteiger partial charge on any atom is 0.416 e. The average Bonchev–Trinajstić information content (AvgIpc) is 3.50. The Bertz CT molecular complexity index is 957. The average molecular weight is 479 g/mol. The van der Waals surface area contributed by atoms with Crippen molar-refractivity contribution in [2.24, 2.45) is 23.2 Å². The van der Waals surface area contributed by atoms with Crippen LogP contribution in [0.25, 0.3) is 0 Å². The summed E-state index contributed by atoms with van der Waals surface area (Å²) in [7, 11) is 0. The monoisotopic (exact) mass is 478 g/mol. The van der Waals surface area contributed by atoms with Gasteiger partial charge in [0, 0.05) is 44.3 Å². The molecule has 2 unspecified atom stereocenters. The van der Waals surface area contributed by atoms with Gasteiger partial charge in [-0.25, -0.2) is 0 Å². The Morgan fingerprint density at radius 2 is 1.91 bits per heavy atom. The summed E-state index contributed by atoms with van der Waals surface area (Å²) in [4.78, 5) is 17.2. The second-order valence-electron chi connectivity index (χ2n) is 11.4. The number of rotatable bonds is 3. The molecule has 0 aromatic heterocycles. The lowest BCUT2D eigenvalue weighted by molar-refractivity contribution is -0.147. The molecule has 1 aromatic rings. The van der Waals surface area contributed by atoms with E-state index in [-0.39, 0.29) is 34.9 Å². The molecule has 1 aromatic carbocycles. The highest BCUT2D eigenvalue weighted by molar-refractivity contribution is 5.75. The van der Waals surface area contributed by atoms with Gasteiger partial charge in [-0.05, 0) is 61.6 Å². The molecular formula is C26H33F3N2O3. The Morgan fingerprint density at radius 1 is 1.15 bits per heavy atom. The predicted octanol–water partition coefficient (Wildman–Crippen LogP) is 4.35. The molecule has 1 spiro atoms. The summed E-state index contributed by atoms with van der Waals surface area (Å²) >= 11 is 0. The number of hydrogen-bond acceptors (Lipinski definition) is 5. The van der Waals surface area contributed by atoms with Gasteiger partial charge in [-0.2, -0.15) is 13.2 Å². The Kier molecular flexibility index (Phi) is 5.23. The molecule has 0 amide bonds. The van der Waals surface area contributed by atoms with Gasteiger partial charge < -0.3 is 14.4 Å². The lowest BCUT2D eigenvalue weighted by Crippen LogP contribution is -2.52. The lowest BCUT2D eigenvalue weighted by Gasteiger charge is -2.51. The summed E-state index contributed by atoms with van der Waals surface area (Å²) in [5.41, 5.74) is 0.233. The summed E-state index contributed by atoms with van der Waals surface area (Å²) in [5.74, 6) is 0.562. The summed E-state index contributed by atoms with van der Waals surface area (Å²) in [6.45, 7) is 6.65. The van der Waals surface area contributed by atoms with Crippen LogP contribution in [0, 0.1) is 23.2 Å². The molecule has 2 aliphatic carbocycles. The molecule has 5 nitrogen and oxygen atoms in total. The van der Waals surface area contributed by atoms with Crippen LogP contribution in [0.4, 0.5) is 18.9 Å². The number of carbonyl (C=O) groups is 1. The first kappa shape index (κ1) is 22.7. The molecule has 34 heavy (non-hydrogen) atoms. The summed E-state index contributed by atoms with van der Waals surface area (Å²) in [6, 6.07) is 5.55. The zero-order valence-electron chi connectivity index (χ0n) is 19.7. The van der Waals surface area contributed by atoms with Crippen LogP contribution < -0.4 is 4.90 Å². The van der Waals surface area contributed by atoms with Gasteiger partial charge in [-0.1, -0.05) is 13.0 Å². The zero-order valence-corrected chi connectivity index (χ0v) is 19.7. The minimum absolute atomic E-state index is 0.0130. The Balaban J connectivity index is 1.10. The van der Waals surface area contributed by atoms with E-state index in [2.05, 4.69) is 11.8 Å². The van der Waals surface area contributed by atoms with Gasteiger partial charge in [0.2, 0.25) is 0 Å². The van der Waals surface area contributed by atoms with E-state index >= 15 is 0 Å². The van der Waals surface area contributed by atoms with E-state index in [1.165, 1.54) is 25.0 Å². The quantitative estimate of drug-likeness (QED) is 0.477. The number of esters is 1. The van der Waals surface area contributed by atoms with Gasteiger partial charge in [-0.3, -0.25) is 9.69 Å². The van der Waals surface area contributed by atoms with E-state index < -0.39 is 11.7 Å². The Labute approximate surface area is 198 Å². The van der Waals surface area contributed by atoms with Gasteiger partial charge in [-0.15, -0.1) is 0 Å². The highest BCUT2D eigenvalue weighted by atomic mass is 19.4. The number of benzene rings is 1. The number of epoxide rings is 1. The van der Waals surface area contributed by atoms with Crippen LogP contribution in [0.3, 0.4) is 0 Å². The molecule has 2 saturated carbocycles. The van der Waals surface area contributed by atoms with Crippen LogP contribution in [0.15, 0.2) is 24.3 Å². The van der Waals surface area contributed by atoms with E-state index in [9.17, 15) is 18.0 Å². The number of nitrogens with zero attached hydrogens (tertiary/aromatic N) is 2. The molecule has 8 heteroatoms. The standard InChI is InChI=1S/C26H33F3N2O3/c1-24-6-3-7-25(16-33-25)22(24)13-19-20(23(32)34-21(19)14-24)15-30-8-10-31(11-9-30)18-5-2-4-17(12-18)26(27,28)29/h2,4-5,12,19-22H,3,6-11,13-16H2,1H3/t19-,20?,21-,22?,24-,25+/m1/s1. The first-order valence-electron chi connectivity index (χ1n) is 12.7. The van der Waals surface area contributed by atoms with Gasteiger partial charge in [0.15, 0.2) is 0 Å². The van der Waals surface area contributed by atoms with Crippen molar-refractivity contribution in [2.75, 3.05) is 44.2 Å². The fourth-order valence-corrected chi connectivity index (χ4v) is 7.51. The van der Waals surface area contributed by atoms with E-state index in [0.717, 1.165) is 45.0 Å². The summed E-state index contributed by atoms with van der Waals surface area (Å²) in [6.07, 6.45) is 1.14. The minimum atomic E-state index is -4.34. The molecule has 3 aliphatic heterocycles. The van der Waals surface area contributed by atoms with E-state index in [4.69, 9.17) is 9.47 Å². The molecule has 5 fully saturated rings. The van der Waals surface area contributed by atoms with Crippen LogP contribution in [-0.4, -0.2) is 61.9 Å². The molecule has 6 atom stereocenters. The molecule has 186 valence electrons. The Hall–Kier alpha value is -1.80. The second-order valence-corrected chi connectivity index (χ2v) is 11.4. The predicted molar refractivity (Wildman–Crippen MR) is 120 cm³/mol. The number of halogens is 3. The third-order valence-corrected chi connectivity index (χ3v) is 9.45. The van der Waals surface area contributed by atoms with Crippen LogP contribution in [0.1, 0.15) is 44.6 Å². The fourth-order valence-electron chi connectivity index (χ4n) is 7.51. The first-order chi connectivity index (χ1) is 16.2. The molecule has 3 heterocycles. The van der Waals surface area contributed by atoms with Crippen molar-refractivity contribution in [3.8, 4) is 0 Å². The van der Waals surface area contributed by atoms with Crippen molar-refractivity contribution in [1.82, 2.24) is 4.90 Å². The number of ether oxygens (including phenoxy) is 2. The highest BCUT2D eigenvalue weighted by Gasteiger charge is 2.65. The topological polar surface area (TPSA) is 45.3 Å². The maximum absolute atomic E-state index is 13.1. The molecule has 3 saturated heterocycles. The fraction of sp³-hybridized carbons (Fsp3) is 0.731. The van der Waals surface area contributed by atoms with Crippen molar-refractivity contribution in [3.63, 3.8) is 0 Å². The maximum atomic E-state index is 13.1. The van der Waals surface area contributed by atoms with Gasteiger partial charge >= 0.3 is 12.1 Å². The van der Waals surface area contributed by atoms with Crippen molar-refractivity contribution < 1.29 is 27.4 Å². The van der Waals surface area contributed by atoms with Crippen molar-refractivity contribution in [1.29, 1.82) is 0 Å². The number of piperazine rings is 1. The number of alkyl halides is 3. The molecule has 0 radical (unpaired) electrons. The van der Waals surface area contributed by atoms with Crippen LogP contribution in [0.2, 0.25) is 0 Å². The zero-order chi connectivity index (χ0) is 23.7. The van der Waals surface area contributed by atoms with Gasteiger partial charge in [0.1, 0.15) is 6.10 Å². The number of fused-ring (bicyclic) bond motifs is 3. The van der Waals surface area contributed by atoms with Gasteiger partial charge in [0.25, 0.3) is 0 Å². The third kappa shape index (κ3) is 3.81. The summed E-state index contributed by atoms with van der Waals surface area (Å²) in [5, 5.41) is 0. The van der Waals surface area contributed by atoms with Crippen LogP contribution in [-0.2, 0) is 20.4 Å². The third-order valence-electron chi connectivity index (χ3n) is 9.45. The molecule has 6 rings (SSSR count). The highest BCUT2D eigenvalue weighted by Crippen LogP contribution is 2.62. The number of carbonyl (C=O) groups excluding carboxylic acids is 1. The minimum Gasteiger partial charge on any atom is -0.462 e. The van der Waals surface area contributed by atoms with E-state index in [1.54, 1.807) is 6.07 Å². The first-order valence-corrected chi connectivity index (χ1v) is 12.7. The van der Waals surface area contributed by atoms with Crippen molar-refractivity contribution >= 4 is 11.7 Å². The lowest BCUT2D eigenvalue weighted by atomic mass is 9.53. The van der Waals surface area contributed by atoms with Crippen molar-refractivity contribution in [2.45, 2.75) is 56.9 Å². The molecule has 5 aliphatic rings. The second kappa shape index (κ2) is 7.85. The Morgan fingerprint density at radius 3 is 2.62 bits per heavy atom. The SMILES string of the molecule is C[C@]12CCC[C@]3(CO3)C1C[C@@H]1C(CN3CCN(c4cccc(C(F)(F)F)c4)CC3)C(=O)O[C@@H]1C2. The number of anilines is 1. The van der Waals surface area contributed by atoms with Crippen LogP contribution in [0.5, 0.6) is 0 Å². The van der Waals surface area contributed by atoms with Crippen molar-refractivity contribution in [3.05, 3.63) is 29.8 Å². The van der Waals surface area contributed by atoms with E-state index in [1.807, 2.05) is 4.90 Å². The van der Waals surface area contributed by atoms with Crippen LogP contribution >= 0.6 is 0 Å².